The van der Waals surface area contributed by atoms with Gasteiger partial charge in [0.25, 0.3) is 5.91 Å². The average Bonchev–Trinajstić information content (AvgIpc) is 3.12. The van der Waals surface area contributed by atoms with E-state index in [2.05, 4.69) is 9.88 Å². The van der Waals surface area contributed by atoms with E-state index in [1.807, 2.05) is 30.5 Å². The summed E-state index contributed by atoms with van der Waals surface area (Å²) in [6.07, 6.45) is 7.39. The van der Waals surface area contributed by atoms with Gasteiger partial charge in [0.1, 0.15) is 10.7 Å². The Labute approximate surface area is 158 Å². The maximum absolute atomic E-state index is 13.1. The maximum atomic E-state index is 13.1. The molecular formula is C20H23ClN2OS. The third-order valence-corrected chi connectivity index (χ3v) is 6.77. The number of halogens is 1. The average molecular weight is 375 g/mol. The van der Waals surface area contributed by atoms with Crippen LogP contribution in [-0.4, -0.2) is 28.4 Å². The molecule has 1 saturated heterocycles. The molecule has 2 aliphatic rings. The Bertz CT molecular complexity index is 786. The first-order chi connectivity index (χ1) is 12.1. The summed E-state index contributed by atoms with van der Waals surface area (Å²) in [4.78, 5) is 19.9. The Balaban J connectivity index is 1.59. The second-order valence-corrected chi connectivity index (χ2v) is 8.54. The van der Waals surface area contributed by atoms with E-state index >= 15 is 0 Å². The number of benzene rings is 1. The van der Waals surface area contributed by atoms with Crippen molar-refractivity contribution < 1.29 is 4.79 Å². The van der Waals surface area contributed by atoms with Gasteiger partial charge in [0.2, 0.25) is 0 Å². The largest absolute Gasteiger partial charge is 0.334 e. The highest BCUT2D eigenvalue weighted by atomic mass is 35.5. The predicted molar refractivity (Wildman–Crippen MR) is 103 cm³/mol. The number of hydrogen-bond donors (Lipinski definition) is 0. The number of rotatable bonds is 2. The first-order valence-corrected chi connectivity index (χ1v) is 10.4. The summed E-state index contributed by atoms with van der Waals surface area (Å²) in [7, 11) is 0. The summed E-state index contributed by atoms with van der Waals surface area (Å²) in [5.41, 5.74) is 2.74. The standard InChI is InChI=1S/C20H23ClN2OS/c1-13-8-9-15(21)11-16(13)19-22-17(12-25-19)20(24)23-10-4-6-14-5-2-3-7-18(14)23/h8-9,11-12,14,18H,2-7,10H2,1H3. The van der Waals surface area contributed by atoms with Crippen molar-refractivity contribution in [3.8, 4) is 10.6 Å². The Hall–Kier alpha value is -1.39. The van der Waals surface area contributed by atoms with E-state index in [4.69, 9.17) is 11.6 Å². The summed E-state index contributed by atoms with van der Waals surface area (Å²) in [6.45, 7) is 2.93. The zero-order valence-corrected chi connectivity index (χ0v) is 16.1. The van der Waals surface area contributed by atoms with E-state index < -0.39 is 0 Å². The van der Waals surface area contributed by atoms with E-state index in [1.165, 1.54) is 37.0 Å². The fourth-order valence-corrected chi connectivity index (χ4v) is 5.39. The maximum Gasteiger partial charge on any atom is 0.273 e. The molecule has 132 valence electrons. The van der Waals surface area contributed by atoms with Crippen LogP contribution in [0.5, 0.6) is 0 Å². The molecular weight excluding hydrogens is 352 g/mol. The molecule has 0 N–H and O–H groups in total. The van der Waals surface area contributed by atoms with Crippen LogP contribution in [0.4, 0.5) is 0 Å². The van der Waals surface area contributed by atoms with E-state index in [-0.39, 0.29) is 5.91 Å². The number of likely N-dealkylation sites (tertiary alicyclic amines) is 1. The molecule has 2 unspecified atom stereocenters. The molecule has 1 aliphatic carbocycles. The molecule has 3 nitrogen and oxygen atoms in total. The smallest absolute Gasteiger partial charge is 0.273 e. The number of amides is 1. The van der Waals surface area contributed by atoms with Gasteiger partial charge in [0.15, 0.2) is 0 Å². The molecule has 5 heteroatoms. The normalized spacial score (nSPS) is 23.4. The van der Waals surface area contributed by atoms with Gasteiger partial charge in [-0.3, -0.25) is 4.79 Å². The molecule has 1 amide bonds. The van der Waals surface area contributed by atoms with Crippen LogP contribution in [0.1, 0.15) is 54.6 Å². The summed E-state index contributed by atoms with van der Waals surface area (Å²) >= 11 is 7.67. The third kappa shape index (κ3) is 3.34. The Kier molecular flexibility index (Phi) is 4.83. The molecule has 1 aliphatic heterocycles. The van der Waals surface area contributed by atoms with E-state index in [0.717, 1.165) is 35.5 Å². The zero-order valence-electron chi connectivity index (χ0n) is 14.5. The Morgan fingerprint density at radius 1 is 1.24 bits per heavy atom. The number of carbonyl (C=O) groups excluding carboxylic acids is 1. The number of fused-ring (bicyclic) bond motifs is 1. The van der Waals surface area contributed by atoms with Crippen molar-refractivity contribution in [2.45, 2.75) is 51.5 Å². The van der Waals surface area contributed by atoms with E-state index in [0.29, 0.717) is 22.7 Å². The summed E-state index contributed by atoms with van der Waals surface area (Å²) in [5, 5.41) is 3.48. The molecule has 1 aromatic heterocycles. The second kappa shape index (κ2) is 7.08. The molecule has 25 heavy (non-hydrogen) atoms. The Morgan fingerprint density at radius 3 is 2.92 bits per heavy atom. The first kappa shape index (κ1) is 17.0. The molecule has 2 fully saturated rings. The zero-order chi connectivity index (χ0) is 17.4. The highest BCUT2D eigenvalue weighted by Crippen LogP contribution is 2.36. The number of hydrogen-bond acceptors (Lipinski definition) is 3. The predicted octanol–water partition coefficient (Wildman–Crippen LogP) is 5.57. The molecule has 2 aromatic rings. The molecule has 2 atom stereocenters. The van der Waals surface area contributed by atoms with E-state index in [9.17, 15) is 4.79 Å². The number of thiazole rings is 1. The van der Waals surface area contributed by atoms with Gasteiger partial charge in [-0.15, -0.1) is 11.3 Å². The number of carbonyl (C=O) groups is 1. The third-order valence-electron chi connectivity index (χ3n) is 5.66. The fourth-order valence-electron chi connectivity index (χ4n) is 4.34. The van der Waals surface area contributed by atoms with Crippen LogP contribution in [0.2, 0.25) is 5.02 Å². The number of aryl methyl sites for hydroxylation is 1. The topological polar surface area (TPSA) is 33.2 Å². The summed E-state index contributed by atoms with van der Waals surface area (Å²) < 4.78 is 0. The van der Waals surface area contributed by atoms with E-state index in [1.54, 1.807) is 0 Å². The van der Waals surface area contributed by atoms with Gasteiger partial charge in [-0.05, 0) is 56.2 Å². The minimum absolute atomic E-state index is 0.110. The van der Waals surface area contributed by atoms with Crippen LogP contribution in [0, 0.1) is 12.8 Å². The van der Waals surface area contributed by atoms with Gasteiger partial charge in [-0.25, -0.2) is 4.98 Å². The lowest BCUT2D eigenvalue weighted by molar-refractivity contribution is 0.0386. The van der Waals surface area contributed by atoms with Crippen LogP contribution >= 0.6 is 22.9 Å². The molecule has 1 aromatic carbocycles. The van der Waals surface area contributed by atoms with Crippen molar-refractivity contribution in [3.63, 3.8) is 0 Å². The van der Waals surface area contributed by atoms with Gasteiger partial charge >= 0.3 is 0 Å². The van der Waals surface area contributed by atoms with Gasteiger partial charge in [-0.2, -0.15) is 0 Å². The van der Waals surface area contributed by atoms with Gasteiger partial charge in [0.05, 0.1) is 0 Å². The molecule has 1 saturated carbocycles. The molecule has 0 spiro atoms. The van der Waals surface area contributed by atoms with Crippen LogP contribution in [0.3, 0.4) is 0 Å². The number of aromatic nitrogens is 1. The molecule has 2 heterocycles. The minimum Gasteiger partial charge on any atom is -0.334 e. The van der Waals surface area contributed by atoms with Crippen molar-refractivity contribution in [1.29, 1.82) is 0 Å². The van der Waals surface area contributed by atoms with Gasteiger partial charge < -0.3 is 4.90 Å². The van der Waals surface area contributed by atoms with Gasteiger partial charge in [0, 0.05) is 28.6 Å². The summed E-state index contributed by atoms with van der Waals surface area (Å²) in [6, 6.07) is 6.24. The lowest BCUT2D eigenvalue weighted by Gasteiger charge is -2.43. The quantitative estimate of drug-likeness (QED) is 0.688. The van der Waals surface area contributed by atoms with Crippen molar-refractivity contribution in [3.05, 3.63) is 39.9 Å². The van der Waals surface area contributed by atoms with Crippen molar-refractivity contribution in [2.75, 3.05) is 6.54 Å². The highest BCUT2D eigenvalue weighted by molar-refractivity contribution is 7.13. The fraction of sp³-hybridized carbons (Fsp3) is 0.500. The number of nitrogens with zero attached hydrogens (tertiary/aromatic N) is 2. The minimum atomic E-state index is 0.110. The van der Waals surface area contributed by atoms with Crippen LogP contribution in [0.25, 0.3) is 10.6 Å². The van der Waals surface area contributed by atoms with Crippen molar-refractivity contribution in [2.24, 2.45) is 5.92 Å². The molecule has 0 bridgehead atoms. The summed E-state index contributed by atoms with van der Waals surface area (Å²) in [5.74, 6) is 0.804. The first-order valence-electron chi connectivity index (χ1n) is 9.16. The lowest BCUT2D eigenvalue weighted by atomic mass is 9.78. The second-order valence-electron chi connectivity index (χ2n) is 7.25. The van der Waals surface area contributed by atoms with Crippen molar-refractivity contribution >= 4 is 28.8 Å². The van der Waals surface area contributed by atoms with Gasteiger partial charge in [-0.1, -0.05) is 30.5 Å². The van der Waals surface area contributed by atoms with Crippen LogP contribution in [-0.2, 0) is 0 Å². The van der Waals surface area contributed by atoms with Crippen LogP contribution < -0.4 is 0 Å². The van der Waals surface area contributed by atoms with Crippen LogP contribution in [0.15, 0.2) is 23.6 Å². The monoisotopic (exact) mass is 374 g/mol. The Morgan fingerprint density at radius 2 is 2.04 bits per heavy atom. The number of piperidine rings is 1. The SMILES string of the molecule is Cc1ccc(Cl)cc1-c1nc(C(=O)N2CCCC3CCCCC32)cs1. The molecule has 0 radical (unpaired) electrons. The molecule has 4 rings (SSSR count). The van der Waals surface area contributed by atoms with Crippen molar-refractivity contribution in [1.82, 2.24) is 9.88 Å². The lowest BCUT2D eigenvalue weighted by Crippen LogP contribution is -2.49. The highest BCUT2D eigenvalue weighted by Gasteiger charge is 2.36.